The highest BCUT2D eigenvalue weighted by Gasteiger charge is 2.03. The lowest BCUT2D eigenvalue weighted by Gasteiger charge is -2.08. The Labute approximate surface area is 109 Å². The minimum absolute atomic E-state index is 0.664. The zero-order valence-corrected chi connectivity index (χ0v) is 11.2. The number of benzene rings is 1. The van der Waals surface area contributed by atoms with Gasteiger partial charge in [0.15, 0.2) is 0 Å². The van der Waals surface area contributed by atoms with E-state index in [1.54, 1.807) is 18.4 Å². The molecule has 3 nitrogen and oxygen atoms in total. The lowest BCUT2D eigenvalue weighted by atomic mass is 10.3. The molecule has 1 aromatic heterocycles. The van der Waals surface area contributed by atoms with Gasteiger partial charge >= 0.3 is 0 Å². The quantitative estimate of drug-likeness (QED) is 0.918. The summed E-state index contributed by atoms with van der Waals surface area (Å²) in [5.41, 5.74) is 1.88. The van der Waals surface area contributed by atoms with E-state index in [0.29, 0.717) is 11.6 Å². The van der Waals surface area contributed by atoms with Gasteiger partial charge in [-0.25, -0.2) is 4.98 Å². The van der Waals surface area contributed by atoms with E-state index < -0.39 is 0 Å². The zero-order valence-electron chi connectivity index (χ0n) is 9.66. The van der Waals surface area contributed by atoms with Crippen molar-refractivity contribution in [3.05, 3.63) is 39.3 Å². The molecule has 17 heavy (non-hydrogen) atoms. The minimum atomic E-state index is 0.664. The van der Waals surface area contributed by atoms with Gasteiger partial charge in [-0.3, -0.25) is 0 Å². The lowest BCUT2D eigenvalue weighted by molar-refractivity contribution is 0.415. The van der Waals surface area contributed by atoms with Crippen molar-refractivity contribution in [2.24, 2.45) is 0 Å². The van der Waals surface area contributed by atoms with Crippen LogP contribution in [0.4, 0.5) is 5.69 Å². The van der Waals surface area contributed by atoms with Gasteiger partial charge in [-0.05, 0) is 19.1 Å². The zero-order chi connectivity index (χ0) is 12.3. The summed E-state index contributed by atoms with van der Waals surface area (Å²) in [5.74, 6) is 0.784. The molecule has 0 saturated carbocycles. The molecule has 1 heterocycles. The van der Waals surface area contributed by atoms with Crippen LogP contribution in [0.15, 0.2) is 23.6 Å². The average Bonchev–Trinajstić information content (AvgIpc) is 2.74. The highest BCUT2D eigenvalue weighted by molar-refractivity contribution is 7.09. The van der Waals surface area contributed by atoms with Crippen molar-refractivity contribution >= 4 is 28.6 Å². The van der Waals surface area contributed by atoms with Crippen LogP contribution in [0.3, 0.4) is 0 Å². The first kappa shape index (κ1) is 12.2. The molecule has 90 valence electrons. The van der Waals surface area contributed by atoms with Gasteiger partial charge in [-0.1, -0.05) is 11.6 Å². The molecule has 0 saturated heterocycles. The smallest absolute Gasteiger partial charge is 0.121 e. The third kappa shape index (κ3) is 3.11. The molecule has 0 aliphatic rings. The van der Waals surface area contributed by atoms with Gasteiger partial charge in [-0.2, -0.15) is 0 Å². The molecular formula is C12H13ClN2OS. The molecule has 5 heteroatoms. The molecule has 0 atom stereocenters. The van der Waals surface area contributed by atoms with Crippen LogP contribution in [0, 0.1) is 6.92 Å². The molecule has 1 N–H and O–H groups in total. The predicted molar refractivity (Wildman–Crippen MR) is 72.2 cm³/mol. The largest absolute Gasteiger partial charge is 0.497 e. The molecule has 0 radical (unpaired) electrons. The summed E-state index contributed by atoms with van der Waals surface area (Å²) in [5, 5.41) is 7.03. The van der Waals surface area contributed by atoms with Gasteiger partial charge in [-0.15, -0.1) is 11.3 Å². The number of hydrogen-bond donors (Lipinski definition) is 1. The van der Waals surface area contributed by atoms with Crippen LogP contribution in [0.2, 0.25) is 5.02 Å². The number of hydrogen-bond acceptors (Lipinski definition) is 4. The number of methoxy groups -OCH3 is 1. The van der Waals surface area contributed by atoms with Crippen LogP contribution < -0.4 is 10.1 Å². The summed E-state index contributed by atoms with van der Waals surface area (Å²) in [6.07, 6.45) is 0. The number of ether oxygens (including phenoxy) is 1. The molecule has 2 aromatic rings. The number of aryl methyl sites for hydroxylation is 1. The Morgan fingerprint density at radius 3 is 2.94 bits per heavy atom. The van der Waals surface area contributed by atoms with Gasteiger partial charge in [0.1, 0.15) is 5.75 Å². The van der Waals surface area contributed by atoms with Crippen LogP contribution in [0.25, 0.3) is 0 Å². The summed E-state index contributed by atoms with van der Waals surface area (Å²) < 4.78 is 5.15. The Bertz CT molecular complexity index is 513. The van der Waals surface area contributed by atoms with E-state index in [-0.39, 0.29) is 0 Å². The third-order valence-corrected chi connectivity index (χ3v) is 3.45. The van der Waals surface area contributed by atoms with Crippen molar-refractivity contribution in [3.8, 4) is 5.75 Å². The van der Waals surface area contributed by atoms with Crippen LogP contribution in [0.1, 0.15) is 10.7 Å². The molecule has 0 fully saturated rings. The summed E-state index contributed by atoms with van der Waals surface area (Å²) in [6, 6.07) is 5.52. The monoisotopic (exact) mass is 268 g/mol. The van der Waals surface area contributed by atoms with Crippen molar-refractivity contribution in [1.29, 1.82) is 0 Å². The van der Waals surface area contributed by atoms with Crippen molar-refractivity contribution in [1.82, 2.24) is 4.98 Å². The molecule has 0 amide bonds. The van der Waals surface area contributed by atoms with Crippen molar-refractivity contribution in [2.75, 3.05) is 12.4 Å². The normalized spacial score (nSPS) is 10.3. The predicted octanol–water partition coefficient (Wildman–Crippen LogP) is 3.73. The van der Waals surface area contributed by atoms with E-state index >= 15 is 0 Å². The van der Waals surface area contributed by atoms with E-state index in [4.69, 9.17) is 16.3 Å². The fourth-order valence-corrected chi connectivity index (χ4v) is 2.24. The summed E-state index contributed by atoms with van der Waals surface area (Å²) >= 11 is 7.73. The Kier molecular flexibility index (Phi) is 3.86. The molecule has 0 bridgehead atoms. The molecule has 0 spiro atoms. The standard InChI is InChI=1S/C12H13ClN2OS/c1-8-15-9(7-17-8)6-14-12-5-10(16-2)3-4-11(12)13/h3-5,7,14H,6H2,1-2H3. The summed E-state index contributed by atoms with van der Waals surface area (Å²) in [7, 11) is 1.64. The van der Waals surface area contributed by atoms with E-state index in [1.807, 2.05) is 30.5 Å². The van der Waals surface area contributed by atoms with E-state index in [2.05, 4.69) is 10.3 Å². The van der Waals surface area contributed by atoms with E-state index in [1.165, 1.54) is 0 Å². The molecule has 1 aromatic carbocycles. The van der Waals surface area contributed by atoms with Crippen LogP contribution in [-0.4, -0.2) is 12.1 Å². The fraction of sp³-hybridized carbons (Fsp3) is 0.250. The number of halogens is 1. The number of nitrogens with zero attached hydrogens (tertiary/aromatic N) is 1. The summed E-state index contributed by atoms with van der Waals surface area (Å²) in [4.78, 5) is 4.38. The first-order valence-corrected chi connectivity index (χ1v) is 6.43. The molecule has 0 aliphatic carbocycles. The van der Waals surface area contributed by atoms with Crippen molar-refractivity contribution in [3.63, 3.8) is 0 Å². The Morgan fingerprint density at radius 2 is 2.29 bits per heavy atom. The second-order valence-electron chi connectivity index (χ2n) is 3.56. The Hall–Kier alpha value is -1.26. The first-order valence-electron chi connectivity index (χ1n) is 5.17. The van der Waals surface area contributed by atoms with Gasteiger partial charge < -0.3 is 10.1 Å². The SMILES string of the molecule is COc1ccc(Cl)c(NCc2csc(C)n2)c1. The van der Waals surface area contributed by atoms with Crippen molar-refractivity contribution < 1.29 is 4.74 Å². The second-order valence-corrected chi connectivity index (χ2v) is 5.03. The minimum Gasteiger partial charge on any atom is -0.497 e. The van der Waals surface area contributed by atoms with Crippen LogP contribution in [0.5, 0.6) is 5.75 Å². The maximum Gasteiger partial charge on any atom is 0.121 e. The fourth-order valence-electron chi connectivity index (χ4n) is 1.44. The van der Waals surface area contributed by atoms with Gasteiger partial charge in [0.25, 0.3) is 0 Å². The molecule has 2 rings (SSSR count). The highest BCUT2D eigenvalue weighted by Crippen LogP contribution is 2.27. The first-order chi connectivity index (χ1) is 8.19. The van der Waals surface area contributed by atoms with Crippen LogP contribution >= 0.6 is 22.9 Å². The summed E-state index contributed by atoms with van der Waals surface area (Å²) in [6.45, 7) is 2.66. The maximum absolute atomic E-state index is 6.09. The van der Waals surface area contributed by atoms with Crippen molar-refractivity contribution in [2.45, 2.75) is 13.5 Å². The number of nitrogens with one attached hydrogen (secondary N) is 1. The topological polar surface area (TPSA) is 34.1 Å². The average molecular weight is 269 g/mol. The number of rotatable bonds is 4. The lowest BCUT2D eigenvalue weighted by Crippen LogP contribution is -2.00. The van der Waals surface area contributed by atoms with Crippen LogP contribution in [-0.2, 0) is 6.54 Å². The molecule has 0 unspecified atom stereocenters. The highest BCUT2D eigenvalue weighted by atomic mass is 35.5. The number of aromatic nitrogens is 1. The maximum atomic E-state index is 6.09. The molecular weight excluding hydrogens is 256 g/mol. The third-order valence-electron chi connectivity index (χ3n) is 2.30. The van der Waals surface area contributed by atoms with E-state index in [0.717, 1.165) is 22.1 Å². The molecule has 0 aliphatic heterocycles. The van der Waals surface area contributed by atoms with Gasteiger partial charge in [0.2, 0.25) is 0 Å². The Balaban J connectivity index is 2.07. The Morgan fingerprint density at radius 1 is 1.47 bits per heavy atom. The van der Waals surface area contributed by atoms with Gasteiger partial charge in [0, 0.05) is 11.4 Å². The second kappa shape index (κ2) is 5.38. The van der Waals surface area contributed by atoms with E-state index in [9.17, 15) is 0 Å². The van der Waals surface area contributed by atoms with Gasteiger partial charge in [0.05, 0.1) is 35.1 Å². The number of thiazole rings is 1. The number of anilines is 1.